The van der Waals surface area contributed by atoms with Crippen molar-refractivity contribution >= 4 is 14.0 Å². The second kappa shape index (κ2) is 8.02. The van der Waals surface area contributed by atoms with Gasteiger partial charge in [-0.25, -0.2) is 0 Å². The molecule has 2 rings (SSSR count). The third kappa shape index (κ3) is 3.71. The summed E-state index contributed by atoms with van der Waals surface area (Å²) >= 11 is 0. The van der Waals surface area contributed by atoms with Crippen molar-refractivity contribution in [2.45, 2.75) is 27.1 Å². The highest BCUT2D eigenvalue weighted by Crippen LogP contribution is 2.25. The van der Waals surface area contributed by atoms with Gasteiger partial charge in [-0.3, -0.25) is 0 Å². The average molecular weight is 312 g/mol. The Labute approximate surface area is 127 Å². The van der Waals surface area contributed by atoms with Gasteiger partial charge in [-0.15, -0.1) is 0 Å². The second-order valence-corrected chi connectivity index (χ2v) is 7.03. The van der Waals surface area contributed by atoms with Crippen LogP contribution in [0.5, 0.6) is 0 Å². The van der Waals surface area contributed by atoms with Crippen LogP contribution in [-0.4, -0.2) is 41.8 Å². The maximum absolute atomic E-state index is 5.98. The van der Waals surface area contributed by atoms with Crippen molar-refractivity contribution in [3.8, 4) is 0 Å². The van der Waals surface area contributed by atoms with Crippen LogP contribution in [0.15, 0.2) is 24.3 Å². The molecule has 0 saturated carbocycles. The Morgan fingerprint density at radius 1 is 0.952 bits per heavy atom. The first-order valence-electron chi connectivity index (χ1n) is 7.51. The maximum atomic E-state index is 5.98. The molecular weight excluding hydrogens is 288 g/mol. The summed E-state index contributed by atoms with van der Waals surface area (Å²) in [6.45, 7) is 8.66. The molecule has 1 aromatic carbocycles. The molecule has 0 bridgehead atoms. The number of hydrogen-bond acceptors (Lipinski definition) is 5. The van der Waals surface area contributed by atoms with E-state index in [9.17, 15) is 0 Å². The molecule has 6 heteroatoms. The minimum absolute atomic E-state index is 0.366. The van der Waals surface area contributed by atoms with Crippen LogP contribution in [0.25, 0.3) is 0 Å². The predicted octanol–water partition coefficient (Wildman–Crippen LogP) is 1.99. The summed E-state index contributed by atoms with van der Waals surface area (Å²) in [4.78, 5) is 0. The third-order valence-corrected chi connectivity index (χ3v) is 6.29. The molecule has 0 amide bonds. The zero-order valence-corrected chi connectivity index (χ0v) is 14.0. The first-order chi connectivity index (χ1) is 10.3. The standard InChI is InChI=1S/C15H24O5Si/c1-4-18-21(19-5-2,20-6-3)14-10-8-7-9-13(14)15-16-11-12-17-15/h7-10,15H,4-6,11-12H2,1-3H3. The molecule has 5 nitrogen and oxygen atoms in total. The number of ether oxygens (including phenoxy) is 2. The lowest BCUT2D eigenvalue weighted by Gasteiger charge is -2.31. The van der Waals surface area contributed by atoms with Gasteiger partial charge in [0.25, 0.3) is 0 Å². The van der Waals surface area contributed by atoms with Crippen LogP contribution in [0.2, 0.25) is 0 Å². The van der Waals surface area contributed by atoms with E-state index in [1.54, 1.807) is 0 Å². The molecule has 0 spiro atoms. The van der Waals surface area contributed by atoms with E-state index in [1.165, 1.54) is 0 Å². The first-order valence-corrected chi connectivity index (χ1v) is 9.24. The molecule has 118 valence electrons. The van der Waals surface area contributed by atoms with Crippen LogP contribution < -0.4 is 5.19 Å². The van der Waals surface area contributed by atoms with E-state index in [4.69, 9.17) is 22.8 Å². The highest BCUT2D eigenvalue weighted by molar-refractivity contribution is 6.75. The van der Waals surface area contributed by atoms with Crippen LogP contribution in [0, 0.1) is 0 Å². The van der Waals surface area contributed by atoms with Gasteiger partial charge in [0.15, 0.2) is 6.29 Å². The van der Waals surface area contributed by atoms with Gasteiger partial charge < -0.3 is 22.8 Å². The minimum atomic E-state index is -2.94. The van der Waals surface area contributed by atoms with Crippen LogP contribution >= 0.6 is 0 Å². The van der Waals surface area contributed by atoms with Crippen LogP contribution in [-0.2, 0) is 22.8 Å². The molecule has 0 radical (unpaired) electrons. The molecule has 1 aromatic rings. The lowest BCUT2D eigenvalue weighted by Crippen LogP contribution is -2.58. The van der Waals surface area contributed by atoms with E-state index < -0.39 is 8.80 Å². The largest absolute Gasteiger partial charge is 0.537 e. The molecule has 0 aliphatic carbocycles. The lowest BCUT2D eigenvalue weighted by atomic mass is 10.2. The van der Waals surface area contributed by atoms with E-state index >= 15 is 0 Å². The Bertz CT molecular complexity index is 417. The van der Waals surface area contributed by atoms with E-state index in [0.717, 1.165) is 10.8 Å². The molecule has 1 heterocycles. The van der Waals surface area contributed by atoms with E-state index in [0.29, 0.717) is 33.0 Å². The van der Waals surface area contributed by atoms with Gasteiger partial charge in [0.05, 0.1) is 13.2 Å². The average Bonchev–Trinajstić information content (AvgIpc) is 3.02. The van der Waals surface area contributed by atoms with E-state index in [-0.39, 0.29) is 6.29 Å². The molecule has 1 fully saturated rings. The van der Waals surface area contributed by atoms with Gasteiger partial charge in [-0.05, 0) is 20.8 Å². The Morgan fingerprint density at radius 3 is 2.00 bits per heavy atom. The Kier molecular flexibility index (Phi) is 6.34. The normalized spacial score (nSPS) is 16.5. The van der Waals surface area contributed by atoms with Crippen molar-refractivity contribution in [1.82, 2.24) is 0 Å². The highest BCUT2D eigenvalue weighted by atomic mass is 28.4. The topological polar surface area (TPSA) is 46.2 Å². The van der Waals surface area contributed by atoms with Crippen molar-refractivity contribution in [1.29, 1.82) is 0 Å². The summed E-state index contributed by atoms with van der Waals surface area (Å²) in [5, 5.41) is 0.933. The zero-order chi connectivity index (χ0) is 15.1. The monoisotopic (exact) mass is 312 g/mol. The van der Waals surface area contributed by atoms with Crippen molar-refractivity contribution in [2.24, 2.45) is 0 Å². The molecule has 1 aliphatic heterocycles. The first kappa shape index (κ1) is 16.6. The lowest BCUT2D eigenvalue weighted by molar-refractivity contribution is -0.0440. The molecule has 0 N–H and O–H groups in total. The van der Waals surface area contributed by atoms with Gasteiger partial charge in [0.1, 0.15) is 0 Å². The van der Waals surface area contributed by atoms with Gasteiger partial charge in [-0.1, -0.05) is 24.3 Å². The number of hydrogen-bond donors (Lipinski definition) is 0. The van der Waals surface area contributed by atoms with Crippen molar-refractivity contribution in [3.63, 3.8) is 0 Å². The molecule has 0 atom stereocenters. The zero-order valence-electron chi connectivity index (χ0n) is 13.0. The Hall–Kier alpha value is -0.763. The summed E-state index contributed by atoms with van der Waals surface area (Å²) in [5.74, 6) is 0. The molecule has 21 heavy (non-hydrogen) atoms. The molecular formula is C15H24O5Si. The van der Waals surface area contributed by atoms with Crippen LogP contribution in [0.4, 0.5) is 0 Å². The maximum Gasteiger partial charge on any atom is 0.537 e. The fourth-order valence-corrected chi connectivity index (χ4v) is 5.16. The van der Waals surface area contributed by atoms with E-state index in [2.05, 4.69) is 0 Å². The van der Waals surface area contributed by atoms with Crippen molar-refractivity contribution in [2.75, 3.05) is 33.0 Å². The van der Waals surface area contributed by atoms with Gasteiger partial charge in [0, 0.05) is 30.6 Å². The second-order valence-electron chi connectivity index (χ2n) is 4.52. The third-order valence-electron chi connectivity index (χ3n) is 3.17. The highest BCUT2D eigenvalue weighted by Gasteiger charge is 2.46. The van der Waals surface area contributed by atoms with E-state index in [1.807, 2.05) is 45.0 Å². The summed E-state index contributed by atoms with van der Waals surface area (Å²) < 4.78 is 29.2. The molecule has 1 saturated heterocycles. The van der Waals surface area contributed by atoms with Gasteiger partial charge in [-0.2, -0.15) is 0 Å². The fourth-order valence-electron chi connectivity index (χ4n) is 2.45. The number of rotatable bonds is 8. The van der Waals surface area contributed by atoms with Crippen molar-refractivity contribution < 1.29 is 22.8 Å². The quantitative estimate of drug-likeness (QED) is 0.687. The summed E-state index contributed by atoms with van der Waals surface area (Å²) in [6, 6.07) is 7.91. The van der Waals surface area contributed by atoms with Crippen molar-refractivity contribution in [3.05, 3.63) is 29.8 Å². The van der Waals surface area contributed by atoms with Crippen LogP contribution in [0.3, 0.4) is 0 Å². The van der Waals surface area contributed by atoms with Crippen LogP contribution in [0.1, 0.15) is 32.6 Å². The minimum Gasteiger partial charge on any atom is -0.370 e. The fraction of sp³-hybridized carbons (Fsp3) is 0.600. The van der Waals surface area contributed by atoms with Gasteiger partial charge in [0.2, 0.25) is 0 Å². The Balaban J connectivity index is 2.42. The Morgan fingerprint density at radius 2 is 1.48 bits per heavy atom. The molecule has 0 aromatic heterocycles. The molecule has 1 aliphatic rings. The smallest absolute Gasteiger partial charge is 0.370 e. The summed E-state index contributed by atoms with van der Waals surface area (Å²) in [6.07, 6.45) is -0.366. The van der Waals surface area contributed by atoms with Gasteiger partial charge >= 0.3 is 8.80 Å². The SMILES string of the molecule is CCO[Si](OCC)(OCC)c1ccccc1C1OCCO1. The summed E-state index contributed by atoms with van der Waals surface area (Å²) in [7, 11) is -2.94. The molecule has 0 unspecified atom stereocenters. The number of benzene rings is 1. The predicted molar refractivity (Wildman–Crippen MR) is 81.4 cm³/mol. The summed E-state index contributed by atoms with van der Waals surface area (Å²) in [5.41, 5.74) is 0.942.